The van der Waals surface area contributed by atoms with Crippen molar-refractivity contribution in [3.63, 3.8) is 0 Å². The highest BCUT2D eigenvalue weighted by atomic mass is 33.1. The minimum Gasteiger partial charge on any atom is -0.469 e. The molecule has 0 aromatic heterocycles. The van der Waals surface area contributed by atoms with Crippen LogP contribution in [0.25, 0.3) is 0 Å². The van der Waals surface area contributed by atoms with E-state index >= 15 is 0 Å². The van der Waals surface area contributed by atoms with E-state index < -0.39 is 54.5 Å². The number of aliphatic hydroxyl groups excluding tert-OH is 13. The van der Waals surface area contributed by atoms with Crippen LogP contribution in [-0.2, 0) is 47.9 Å². The Hall–Kier alpha value is -1.81. The number of hydrogen-bond donors (Lipinski definition) is 13. The van der Waals surface area contributed by atoms with Crippen LogP contribution in [0.1, 0.15) is 170 Å². The number of imide groups is 2. The number of amides is 4. The van der Waals surface area contributed by atoms with Crippen LogP contribution >= 0.6 is 86.4 Å². The van der Waals surface area contributed by atoms with Crippen LogP contribution in [0.5, 0.6) is 0 Å². The van der Waals surface area contributed by atoms with Crippen molar-refractivity contribution >= 4 is 139 Å². The van der Waals surface area contributed by atoms with Crippen molar-refractivity contribution in [3.8, 4) is 0 Å². The summed E-state index contributed by atoms with van der Waals surface area (Å²) < 4.78 is 4.32. The topological polar surface area (TPSA) is 432 Å². The second kappa shape index (κ2) is 66.6. The van der Waals surface area contributed by atoms with Crippen LogP contribution in [0.3, 0.4) is 0 Å². The maximum atomic E-state index is 11.5. The number of carbonyl (C=O) groups is 9. The number of ether oxygens (including phenoxy) is 1. The van der Waals surface area contributed by atoms with Gasteiger partial charge in [0.05, 0.1) is 94.4 Å². The monoisotopic (exact) mass is 1580 g/mol. The third-order valence-corrected chi connectivity index (χ3v) is 23.4. The molecule has 13 N–H and O–H groups in total. The number of hydrogen-bond acceptors (Lipinski definition) is 31. The molecular formula is C67H122N2O23S8. The first-order chi connectivity index (χ1) is 47.3. The molecule has 100 heavy (non-hydrogen) atoms. The fourth-order valence-electron chi connectivity index (χ4n) is 8.46. The Kier molecular flexibility index (Phi) is 69.6. The molecule has 0 spiro atoms. The molecule has 3 aliphatic carbocycles. The molecule has 0 radical (unpaired) electrons. The smallest absolute Gasteiger partial charge is 0.308 e. The van der Waals surface area contributed by atoms with Crippen molar-refractivity contribution < 1.29 is 114 Å². The van der Waals surface area contributed by atoms with E-state index in [1.807, 2.05) is 60.3 Å². The lowest BCUT2D eigenvalue weighted by Crippen LogP contribution is -2.47. The zero-order valence-corrected chi connectivity index (χ0v) is 67.2. The molecule has 0 aromatic carbocycles. The molecule has 3 saturated carbocycles. The van der Waals surface area contributed by atoms with Gasteiger partial charge in [-0.2, -0.15) is 0 Å². The molecule has 5 aliphatic rings. The molecule has 33 heteroatoms. The largest absolute Gasteiger partial charge is 0.469 e. The van der Waals surface area contributed by atoms with Crippen LogP contribution in [0.4, 0.5) is 0 Å². The summed E-state index contributed by atoms with van der Waals surface area (Å²) in [5.74, 6) is 1.95. The van der Waals surface area contributed by atoms with Gasteiger partial charge in [-0.3, -0.25) is 53.0 Å². The van der Waals surface area contributed by atoms with Crippen molar-refractivity contribution in [2.45, 2.75) is 237 Å². The second-order valence-electron chi connectivity index (χ2n) is 23.7. The first kappa shape index (κ1) is 105. The lowest BCUT2D eigenvalue weighted by molar-refractivity contribution is -0.143. The van der Waals surface area contributed by atoms with E-state index in [9.17, 15) is 63.6 Å². The average molecular weight is 1580 g/mol. The van der Waals surface area contributed by atoms with Crippen LogP contribution < -0.4 is 0 Å². The fourth-order valence-corrected chi connectivity index (χ4v) is 14.5. The molecule has 14 unspecified atom stereocenters. The highest BCUT2D eigenvalue weighted by Gasteiger charge is 2.40. The normalized spacial score (nSPS) is 22.0. The van der Waals surface area contributed by atoms with Crippen LogP contribution in [0, 0.1) is 23.7 Å². The minimum atomic E-state index is -0.893. The summed E-state index contributed by atoms with van der Waals surface area (Å²) in [6.07, 6.45) is 18.2. The first-order valence-electron chi connectivity index (χ1n) is 33.8. The van der Waals surface area contributed by atoms with E-state index in [0.717, 1.165) is 40.6 Å². The predicted octanol–water partition coefficient (Wildman–Crippen LogP) is 6.23. The number of Topliss-reactive ketones (excluding diaryl/α,β-unsaturated/α-hetero) is 4. The Bertz CT molecular complexity index is 2100. The summed E-state index contributed by atoms with van der Waals surface area (Å²) >= 11 is 0. The Morgan fingerprint density at radius 1 is 0.470 bits per heavy atom. The van der Waals surface area contributed by atoms with E-state index in [1.54, 1.807) is 86.4 Å². The van der Waals surface area contributed by atoms with Crippen molar-refractivity contribution in [1.29, 1.82) is 0 Å². The lowest BCUT2D eigenvalue weighted by atomic mass is 9.70. The molecule has 14 atom stereocenters. The second-order valence-corrected chi connectivity index (χ2v) is 34.4. The number of esters is 1. The molecule has 2 aliphatic heterocycles. The number of nitrogens with zero attached hydrogens (tertiary/aromatic N) is 2. The molecule has 0 saturated heterocycles. The summed E-state index contributed by atoms with van der Waals surface area (Å²) in [5, 5.41) is 116. The van der Waals surface area contributed by atoms with Gasteiger partial charge in [-0.05, 0) is 113 Å². The van der Waals surface area contributed by atoms with Gasteiger partial charge in [-0.25, -0.2) is 0 Å². The summed E-state index contributed by atoms with van der Waals surface area (Å²) in [5.41, 5.74) is 0. The van der Waals surface area contributed by atoms with Gasteiger partial charge in [0.1, 0.15) is 23.1 Å². The van der Waals surface area contributed by atoms with Gasteiger partial charge in [0.25, 0.3) is 23.6 Å². The molecule has 3 fully saturated rings. The molecule has 2 heterocycles. The van der Waals surface area contributed by atoms with E-state index in [4.69, 9.17) is 46.0 Å². The first-order valence-corrected chi connectivity index (χ1v) is 44.6. The molecular weight excluding hydrogens is 1460 g/mol. The molecule has 5 rings (SSSR count). The number of ketones is 4. The van der Waals surface area contributed by atoms with Gasteiger partial charge < -0.3 is 71.1 Å². The van der Waals surface area contributed by atoms with Gasteiger partial charge in [0.2, 0.25) is 0 Å². The van der Waals surface area contributed by atoms with E-state index in [-0.39, 0.29) is 130 Å². The SMILES string of the molecule is CCC(O)CC.CCC(O)CC(=O)OC.CCC(O)CCC(=O)CCN1C(=O)C=CC1=O.CCC(O)CO.CSSC1CC(C)C1O.CSSCC(O)CO.CSSCCC(=O)CC1CC(C)C1O.CSSCCC(=O)CC1CC(O)C1O.O=C(CCC(O)CO)CCN1C(=O)C=CC1=O. The average Bonchev–Trinajstić information content (AvgIpc) is 1.41. The van der Waals surface area contributed by atoms with Gasteiger partial charge in [-0.15, -0.1) is 0 Å². The van der Waals surface area contributed by atoms with Crippen molar-refractivity contribution in [2.75, 3.05) is 82.3 Å². The number of methoxy groups -OCH3 is 1. The summed E-state index contributed by atoms with van der Waals surface area (Å²) in [6, 6.07) is 0. The molecule has 0 bridgehead atoms. The molecule has 25 nitrogen and oxygen atoms in total. The number of aliphatic hydroxyl groups is 13. The van der Waals surface area contributed by atoms with Crippen molar-refractivity contribution in [1.82, 2.24) is 9.80 Å². The number of carbonyl (C=O) groups excluding carboxylic acids is 9. The minimum absolute atomic E-state index is 0.00298. The Morgan fingerprint density at radius 2 is 0.860 bits per heavy atom. The lowest BCUT2D eigenvalue weighted by Gasteiger charge is -2.38. The predicted molar refractivity (Wildman–Crippen MR) is 409 cm³/mol. The van der Waals surface area contributed by atoms with E-state index in [2.05, 4.69) is 17.9 Å². The molecule has 586 valence electrons. The van der Waals surface area contributed by atoms with Crippen LogP contribution in [0.15, 0.2) is 24.3 Å². The van der Waals surface area contributed by atoms with E-state index in [1.165, 1.54) is 37.8 Å². The highest BCUT2D eigenvalue weighted by molar-refractivity contribution is 8.77. The fraction of sp³-hybridized carbons (Fsp3) is 0.806. The zero-order valence-electron chi connectivity index (χ0n) is 60.6. The maximum absolute atomic E-state index is 11.5. The Morgan fingerprint density at radius 3 is 1.15 bits per heavy atom. The Balaban J connectivity index is -0.000000530. The molecule has 0 aromatic rings. The Labute approximate surface area is 625 Å². The molecule has 4 amide bonds. The van der Waals surface area contributed by atoms with Gasteiger partial charge in [0.15, 0.2) is 0 Å². The zero-order chi connectivity index (χ0) is 77.3. The van der Waals surface area contributed by atoms with Crippen molar-refractivity contribution in [3.05, 3.63) is 24.3 Å². The third kappa shape index (κ3) is 53.9. The van der Waals surface area contributed by atoms with Crippen LogP contribution in [-0.4, -0.2) is 278 Å². The van der Waals surface area contributed by atoms with Gasteiger partial charge in [0, 0.05) is 111 Å². The summed E-state index contributed by atoms with van der Waals surface area (Å²) in [7, 11) is 14.7. The van der Waals surface area contributed by atoms with Crippen molar-refractivity contribution in [2.24, 2.45) is 23.7 Å². The quantitative estimate of drug-likeness (QED) is 0.0140. The van der Waals surface area contributed by atoms with Crippen LogP contribution in [0.2, 0.25) is 0 Å². The number of rotatable bonds is 39. The van der Waals surface area contributed by atoms with Gasteiger partial charge in [-0.1, -0.05) is 135 Å². The summed E-state index contributed by atoms with van der Waals surface area (Å²) in [6.45, 7) is 13.2. The third-order valence-electron chi connectivity index (χ3n) is 15.6. The summed E-state index contributed by atoms with van der Waals surface area (Å²) in [4.78, 5) is 103. The highest BCUT2D eigenvalue weighted by Crippen LogP contribution is 2.41. The maximum Gasteiger partial charge on any atom is 0.308 e. The standard InChI is InChI=1S/C12H17NO4.C11H15NO5.C10H18O2S2.C9H16O3S2.C6H12O3.C6H12OS2.C5H12O.C4H10O2S2.C4H10O2/c1-2-9(14)3-4-10(15)7-8-13-11(16)5-6-12(13)17;13-7-9(15)2-1-8(14)5-6-12-10(16)3-4-11(12)17;1-7-5-8(10(7)12)6-9(11)3-4-14-13-2;1-13-14-3-2-7(10)4-6-5-8(11)9(6)12;1-3-5(7)4-6(8)9-2;1-4-3-5(6(4)7)9-8-2;1-3-5(6)4-2;1-7-8-3-4(6)2-5;1-2-4(6)3-5/h5-6,9,14H,2-4,7-8H2,1H3;3-4,9,13,15H,1-2,5-7H2;7-8,10,12H,3-6H2,1-2H3;6,8-9,11-12H,2-5H2,1H3;5,7H,3-4H2,1-2H3;4-7H,3H2,1-2H3;5-6H,3-4H2,1-2H3;4-6H,2-3H2,1H3;4-6H,2-3H2,1H3. The van der Waals surface area contributed by atoms with Gasteiger partial charge >= 0.3 is 5.97 Å². The van der Waals surface area contributed by atoms with E-state index in [0.29, 0.717) is 92.8 Å².